The zero-order valence-electron chi connectivity index (χ0n) is 5.20. The summed E-state index contributed by atoms with van der Waals surface area (Å²) < 4.78 is 0. The van der Waals surface area contributed by atoms with Crippen LogP contribution in [0.25, 0.3) is 11.0 Å². The van der Waals surface area contributed by atoms with Crippen molar-refractivity contribution in [1.82, 2.24) is 15.0 Å². The molecule has 2 heterocycles. The molecular formula is C6H4BN3. The molecule has 0 amide bonds. The van der Waals surface area contributed by atoms with Gasteiger partial charge in [-0.2, -0.15) is 0 Å². The van der Waals surface area contributed by atoms with Crippen molar-refractivity contribution in [3.8, 4) is 0 Å². The van der Waals surface area contributed by atoms with Gasteiger partial charge in [-0.25, -0.2) is 9.97 Å². The Bertz CT molecular complexity index is 355. The van der Waals surface area contributed by atoms with E-state index in [4.69, 9.17) is 7.85 Å². The molecule has 10 heavy (non-hydrogen) atoms. The number of fused-ring (bicyclic) bond motifs is 1. The maximum Gasteiger partial charge on any atom is 0.140 e. The third-order valence-corrected chi connectivity index (χ3v) is 1.39. The summed E-state index contributed by atoms with van der Waals surface area (Å²) >= 11 is 0. The number of H-pyrrole nitrogens is 1. The molecule has 0 saturated heterocycles. The van der Waals surface area contributed by atoms with E-state index in [-0.39, 0.29) is 0 Å². The van der Waals surface area contributed by atoms with Crippen LogP contribution in [-0.4, -0.2) is 22.8 Å². The summed E-state index contributed by atoms with van der Waals surface area (Å²) in [6, 6.07) is 0. The normalized spacial score (nSPS) is 10.4. The average Bonchev–Trinajstić information content (AvgIpc) is 2.34. The lowest BCUT2D eigenvalue weighted by atomic mass is 9.98. The molecule has 2 aromatic rings. The molecule has 1 N–H and O–H groups in total. The molecule has 3 nitrogen and oxygen atoms in total. The summed E-state index contributed by atoms with van der Waals surface area (Å²) in [6.45, 7) is 0. The van der Waals surface area contributed by atoms with Crippen molar-refractivity contribution in [2.24, 2.45) is 0 Å². The molecule has 0 spiro atoms. The van der Waals surface area contributed by atoms with E-state index < -0.39 is 0 Å². The molecule has 0 bridgehead atoms. The van der Waals surface area contributed by atoms with Crippen molar-refractivity contribution < 1.29 is 0 Å². The van der Waals surface area contributed by atoms with Crippen LogP contribution in [0.15, 0.2) is 18.7 Å². The number of aromatic nitrogens is 3. The molecular weight excluding hydrogens is 125 g/mol. The average molecular weight is 129 g/mol. The van der Waals surface area contributed by atoms with Crippen molar-refractivity contribution in [1.29, 1.82) is 0 Å². The molecule has 46 valence electrons. The Morgan fingerprint density at radius 1 is 1.50 bits per heavy atom. The zero-order chi connectivity index (χ0) is 6.97. The van der Waals surface area contributed by atoms with Crippen LogP contribution in [0.4, 0.5) is 0 Å². The van der Waals surface area contributed by atoms with Gasteiger partial charge in [-0.1, -0.05) is 5.46 Å². The Kier molecular flexibility index (Phi) is 1.00. The molecule has 0 saturated carbocycles. The fourth-order valence-corrected chi connectivity index (χ4v) is 0.880. The summed E-state index contributed by atoms with van der Waals surface area (Å²) in [5, 5.41) is 0.877. The molecule has 0 aliphatic carbocycles. The van der Waals surface area contributed by atoms with Gasteiger partial charge in [0.1, 0.15) is 19.8 Å². The third kappa shape index (κ3) is 0.619. The Morgan fingerprint density at radius 3 is 3.20 bits per heavy atom. The highest BCUT2D eigenvalue weighted by Gasteiger charge is 1.96. The summed E-state index contributed by atoms with van der Waals surface area (Å²) in [5.74, 6) is 0. The molecule has 2 radical (unpaired) electrons. The quantitative estimate of drug-likeness (QED) is 0.498. The van der Waals surface area contributed by atoms with Gasteiger partial charge in [-0.15, -0.1) is 0 Å². The minimum absolute atomic E-state index is 0.690. The highest BCUT2D eigenvalue weighted by Crippen LogP contribution is 2.00. The van der Waals surface area contributed by atoms with Crippen LogP contribution in [0.2, 0.25) is 0 Å². The first-order valence-electron chi connectivity index (χ1n) is 2.90. The van der Waals surface area contributed by atoms with Crippen molar-refractivity contribution >= 4 is 24.3 Å². The van der Waals surface area contributed by atoms with E-state index in [0.29, 0.717) is 5.46 Å². The van der Waals surface area contributed by atoms with E-state index in [1.165, 1.54) is 6.33 Å². The molecule has 0 aliphatic rings. The molecule has 2 rings (SSSR count). The molecule has 0 fully saturated rings. The first kappa shape index (κ1) is 5.47. The lowest BCUT2D eigenvalue weighted by Gasteiger charge is -1.85. The lowest BCUT2D eigenvalue weighted by Crippen LogP contribution is -1.97. The minimum Gasteiger partial charge on any atom is -0.347 e. The molecule has 4 heteroatoms. The standard InChI is InChI=1S/C6H4BN3/c7-5-2-9-6-4(5)1-8-3-10-6/h1-3H,(H,8,9,10). The predicted molar refractivity (Wildman–Crippen MR) is 39.3 cm³/mol. The summed E-state index contributed by atoms with van der Waals surface area (Å²) in [5.41, 5.74) is 1.48. The van der Waals surface area contributed by atoms with Crippen LogP contribution >= 0.6 is 0 Å². The van der Waals surface area contributed by atoms with Crippen LogP contribution in [0.3, 0.4) is 0 Å². The summed E-state index contributed by atoms with van der Waals surface area (Å²) in [6.07, 6.45) is 4.88. The van der Waals surface area contributed by atoms with Gasteiger partial charge in [0.05, 0.1) is 0 Å². The first-order valence-corrected chi connectivity index (χ1v) is 2.90. The van der Waals surface area contributed by atoms with Gasteiger partial charge in [0.2, 0.25) is 0 Å². The number of hydrogen-bond acceptors (Lipinski definition) is 2. The van der Waals surface area contributed by atoms with Crippen LogP contribution < -0.4 is 5.46 Å². The lowest BCUT2D eigenvalue weighted by molar-refractivity contribution is 1.20. The van der Waals surface area contributed by atoms with Gasteiger partial charge in [-0.3, -0.25) is 0 Å². The van der Waals surface area contributed by atoms with Gasteiger partial charge in [0, 0.05) is 11.6 Å². The van der Waals surface area contributed by atoms with E-state index in [1.54, 1.807) is 12.4 Å². The Labute approximate surface area is 58.9 Å². The molecule has 0 aliphatic heterocycles. The van der Waals surface area contributed by atoms with Gasteiger partial charge < -0.3 is 4.98 Å². The maximum atomic E-state index is 5.56. The number of aromatic amines is 1. The SMILES string of the molecule is [B]c1c[nH]c2ncncc12. The van der Waals surface area contributed by atoms with Crippen molar-refractivity contribution in [3.63, 3.8) is 0 Å². The molecule has 0 unspecified atom stereocenters. The number of rotatable bonds is 0. The van der Waals surface area contributed by atoms with Crippen LogP contribution in [0, 0.1) is 0 Å². The minimum atomic E-state index is 0.690. The number of nitrogens with one attached hydrogen (secondary N) is 1. The zero-order valence-corrected chi connectivity index (χ0v) is 5.20. The Hall–Kier alpha value is -1.32. The van der Waals surface area contributed by atoms with Crippen molar-refractivity contribution in [2.75, 3.05) is 0 Å². The van der Waals surface area contributed by atoms with Crippen molar-refractivity contribution in [3.05, 3.63) is 18.7 Å². The van der Waals surface area contributed by atoms with Gasteiger partial charge >= 0.3 is 0 Å². The fraction of sp³-hybridized carbons (Fsp3) is 0. The Morgan fingerprint density at radius 2 is 2.40 bits per heavy atom. The van der Waals surface area contributed by atoms with Crippen LogP contribution in [-0.2, 0) is 0 Å². The topological polar surface area (TPSA) is 41.6 Å². The Balaban J connectivity index is 2.93. The number of nitrogens with zero attached hydrogens (tertiary/aromatic N) is 2. The first-order chi connectivity index (χ1) is 4.88. The van der Waals surface area contributed by atoms with Gasteiger partial charge in [0.25, 0.3) is 0 Å². The van der Waals surface area contributed by atoms with E-state index in [2.05, 4.69) is 15.0 Å². The second kappa shape index (κ2) is 1.83. The molecule has 0 atom stereocenters. The van der Waals surface area contributed by atoms with Gasteiger partial charge in [-0.05, 0) is 6.20 Å². The second-order valence-electron chi connectivity index (χ2n) is 2.03. The van der Waals surface area contributed by atoms with Gasteiger partial charge in [0.15, 0.2) is 0 Å². The van der Waals surface area contributed by atoms with Crippen LogP contribution in [0.1, 0.15) is 0 Å². The largest absolute Gasteiger partial charge is 0.347 e. The smallest absolute Gasteiger partial charge is 0.140 e. The van der Waals surface area contributed by atoms with Crippen LogP contribution in [0.5, 0.6) is 0 Å². The highest BCUT2D eigenvalue weighted by molar-refractivity contribution is 6.38. The molecule has 2 aromatic heterocycles. The van der Waals surface area contributed by atoms with E-state index in [1.807, 2.05) is 0 Å². The predicted octanol–water partition coefficient (Wildman–Crippen LogP) is -0.248. The highest BCUT2D eigenvalue weighted by atomic mass is 14.9. The third-order valence-electron chi connectivity index (χ3n) is 1.39. The summed E-state index contributed by atoms with van der Waals surface area (Å²) in [4.78, 5) is 10.7. The van der Waals surface area contributed by atoms with E-state index in [0.717, 1.165) is 11.0 Å². The maximum absolute atomic E-state index is 5.56. The van der Waals surface area contributed by atoms with E-state index >= 15 is 0 Å². The molecule has 0 aromatic carbocycles. The fourth-order valence-electron chi connectivity index (χ4n) is 0.880. The monoisotopic (exact) mass is 129 g/mol. The van der Waals surface area contributed by atoms with E-state index in [9.17, 15) is 0 Å². The number of hydrogen-bond donors (Lipinski definition) is 1. The van der Waals surface area contributed by atoms with Crippen molar-refractivity contribution in [2.45, 2.75) is 0 Å². The second-order valence-corrected chi connectivity index (χ2v) is 2.03. The summed E-state index contributed by atoms with van der Waals surface area (Å²) in [7, 11) is 5.56.